The van der Waals surface area contributed by atoms with Gasteiger partial charge < -0.3 is 10.1 Å². The van der Waals surface area contributed by atoms with E-state index in [0.717, 1.165) is 12.8 Å². The Labute approximate surface area is 172 Å². The highest BCUT2D eigenvalue weighted by molar-refractivity contribution is 7.18. The normalized spacial score (nSPS) is 13.3. The molecule has 1 aliphatic carbocycles. The molecule has 0 spiro atoms. The number of rotatable bonds is 7. The summed E-state index contributed by atoms with van der Waals surface area (Å²) < 4.78 is 29.7. The molecule has 10 heteroatoms. The second kappa shape index (κ2) is 8.26. The van der Waals surface area contributed by atoms with Gasteiger partial charge in [0.25, 0.3) is 5.91 Å². The van der Waals surface area contributed by atoms with Gasteiger partial charge in [-0.3, -0.25) is 14.9 Å². The predicted molar refractivity (Wildman–Crippen MR) is 108 cm³/mol. The van der Waals surface area contributed by atoms with Crippen molar-refractivity contribution in [2.45, 2.75) is 19.5 Å². The van der Waals surface area contributed by atoms with Crippen LogP contribution in [0.5, 0.6) is 5.75 Å². The van der Waals surface area contributed by atoms with Gasteiger partial charge in [0.15, 0.2) is 5.13 Å². The highest BCUT2D eigenvalue weighted by Gasteiger charge is 2.30. The summed E-state index contributed by atoms with van der Waals surface area (Å²) in [4.78, 5) is 29.0. The molecule has 1 saturated carbocycles. The van der Waals surface area contributed by atoms with Crippen molar-refractivity contribution in [2.24, 2.45) is 5.92 Å². The number of hydrogen-bond acceptors (Lipinski definition) is 6. The Bertz CT molecular complexity index is 1050. The SMILES string of the molecule is O=C(Nc1nc(-c2ccccc2OC(F)F)cs1)c1ccc(NC(=O)C2CC2)s1. The summed E-state index contributed by atoms with van der Waals surface area (Å²) in [7, 11) is 0. The third-order valence-electron chi connectivity index (χ3n) is 4.13. The smallest absolute Gasteiger partial charge is 0.387 e. The van der Waals surface area contributed by atoms with E-state index in [2.05, 4.69) is 20.4 Å². The second-order valence-corrected chi connectivity index (χ2v) is 8.24. The van der Waals surface area contributed by atoms with Crippen LogP contribution in [0.2, 0.25) is 0 Å². The molecule has 0 radical (unpaired) electrons. The van der Waals surface area contributed by atoms with E-state index in [9.17, 15) is 18.4 Å². The van der Waals surface area contributed by atoms with Gasteiger partial charge in [-0.05, 0) is 37.1 Å². The van der Waals surface area contributed by atoms with E-state index in [0.29, 0.717) is 26.3 Å². The van der Waals surface area contributed by atoms with Crippen LogP contribution in [0.25, 0.3) is 11.3 Å². The number of hydrogen-bond donors (Lipinski definition) is 2. The largest absolute Gasteiger partial charge is 0.434 e. The fraction of sp³-hybridized carbons (Fsp3) is 0.211. The molecule has 2 aromatic heterocycles. The predicted octanol–water partition coefficient (Wildman–Crippen LogP) is 5.07. The third kappa shape index (κ3) is 4.77. The van der Waals surface area contributed by atoms with Crippen molar-refractivity contribution in [3.63, 3.8) is 0 Å². The van der Waals surface area contributed by atoms with Crippen molar-refractivity contribution in [3.8, 4) is 17.0 Å². The summed E-state index contributed by atoms with van der Waals surface area (Å²) in [5.74, 6) is -0.284. The molecular formula is C19H15F2N3O3S2. The Hall–Kier alpha value is -2.85. The Balaban J connectivity index is 1.43. The van der Waals surface area contributed by atoms with E-state index in [4.69, 9.17) is 0 Å². The Kier molecular flexibility index (Phi) is 5.54. The lowest BCUT2D eigenvalue weighted by molar-refractivity contribution is -0.117. The number of alkyl halides is 2. The summed E-state index contributed by atoms with van der Waals surface area (Å²) in [6.07, 6.45) is 1.81. The quantitative estimate of drug-likeness (QED) is 0.543. The number of carbonyl (C=O) groups excluding carboxylic acids is 2. The van der Waals surface area contributed by atoms with E-state index in [1.165, 1.54) is 28.7 Å². The average Bonchev–Trinajstić information content (AvgIpc) is 3.27. The van der Waals surface area contributed by atoms with Crippen LogP contribution in [-0.4, -0.2) is 23.4 Å². The van der Waals surface area contributed by atoms with Crippen LogP contribution in [0.1, 0.15) is 22.5 Å². The summed E-state index contributed by atoms with van der Waals surface area (Å²) in [5.41, 5.74) is 0.830. The Morgan fingerprint density at radius 3 is 2.69 bits per heavy atom. The summed E-state index contributed by atoms with van der Waals surface area (Å²) in [5, 5.41) is 8.08. The van der Waals surface area contributed by atoms with Gasteiger partial charge in [0, 0.05) is 16.9 Å². The molecule has 4 rings (SSSR count). The minimum absolute atomic E-state index is 0.0139. The van der Waals surface area contributed by atoms with Gasteiger partial charge in [-0.1, -0.05) is 12.1 Å². The number of ether oxygens (including phenoxy) is 1. The van der Waals surface area contributed by atoms with Crippen molar-refractivity contribution >= 4 is 44.6 Å². The summed E-state index contributed by atoms with van der Waals surface area (Å²) >= 11 is 2.35. The molecule has 2 heterocycles. The second-order valence-electron chi connectivity index (χ2n) is 6.29. The molecular weight excluding hydrogens is 420 g/mol. The molecule has 0 saturated heterocycles. The lowest BCUT2D eigenvalue weighted by Crippen LogP contribution is -2.12. The average molecular weight is 435 g/mol. The minimum atomic E-state index is -2.94. The number of thiophene rings is 1. The molecule has 1 aliphatic rings. The van der Waals surface area contributed by atoms with Crippen LogP contribution >= 0.6 is 22.7 Å². The number of nitrogens with zero attached hydrogens (tertiary/aromatic N) is 1. The van der Waals surface area contributed by atoms with Gasteiger partial charge in [-0.2, -0.15) is 8.78 Å². The van der Waals surface area contributed by atoms with Crippen molar-refractivity contribution in [1.82, 2.24) is 4.98 Å². The highest BCUT2D eigenvalue weighted by Crippen LogP contribution is 2.34. The number of para-hydroxylation sites is 1. The first-order valence-electron chi connectivity index (χ1n) is 8.71. The molecule has 6 nitrogen and oxygen atoms in total. The number of carbonyl (C=O) groups is 2. The standard InChI is InChI=1S/C19H15F2N3O3S2/c20-18(21)27-13-4-2-1-3-11(13)12-9-28-19(22-12)24-17(26)14-7-8-15(29-14)23-16(25)10-5-6-10/h1-4,7-10,18H,5-6H2,(H,23,25)(H,22,24,26). The van der Waals surface area contributed by atoms with Gasteiger partial charge >= 0.3 is 6.61 Å². The van der Waals surface area contributed by atoms with E-state index in [-0.39, 0.29) is 23.5 Å². The van der Waals surface area contributed by atoms with Gasteiger partial charge in [0.05, 0.1) is 15.6 Å². The number of anilines is 2. The molecule has 2 amide bonds. The molecule has 3 aromatic rings. The minimum Gasteiger partial charge on any atom is -0.434 e. The molecule has 0 unspecified atom stereocenters. The molecule has 150 valence electrons. The zero-order valence-corrected chi connectivity index (χ0v) is 16.5. The van der Waals surface area contributed by atoms with Crippen LogP contribution in [-0.2, 0) is 4.79 Å². The van der Waals surface area contributed by atoms with Crippen LogP contribution in [0.4, 0.5) is 18.9 Å². The van der Waals surface area contributed by atoms with Gasteiger partial charge in [-0.25, -0.2) is 4.98 Å². The van der Waals surface area contributed by atoms with Crippen molar-refractivity contribution in [3.05, 3.63) is 46.7 Å². The number of amides is 2. The first-order valence-corrected chi connectivity index (χ1v) is 10.4. The highest BCUT2D eigenvalue weighted by atomic mass is 32.1. The lowest BCUT2D eigenvalue weighted by atomic mass is 10.1. The number of thiazole rings is 1. The molecule has 2 N–H and O–H groups in total. The van der Waals surface area contributed by atoms with E-state index in [1.807, 2.05) is 0 Å². The Morgan fingerprint density at radius 2 is 1.93 bits per heavy atom. The molecule has 0 aliphatic heterocycles. The van der Waals surface area contributed by atoms with Crippen LogP contribution in [0.15, 0.2) is 41.8 Å². The van der Waals surface area contributed by atoms with Crippen molar-refractivity contribution < 1.29 is 23.1 Å². The monoisotopic (exact) mass is 435 g/mol. The maximum absolute atomic E-state index is 12.6. The van der Waals surface area contributed by atoms with Gasteiger partial charge in [0.1, 0.15) is 5.75 Å². The zero-order valence-electron chi connectivity index (χ0n) is 14.9. The zero-order chi connectivity index (χ0) is 20.4. The fourth-order valence-corrected chi connectivity index (χ4v) is 4.10. The third-order valence-corrected chi connectivity index (χ3v) is 5.89. The first-order chi connectivity index (χ1) is 14.0. The van der Waals surface area contributed by atoms with Crippen LogP contribution in [0.3, 0.4) is 0 Å². The number of aromatic nitrogens is 1. The van der Waals surface area contributed by atoms with E-state index >= 15 is 0 Å². The molecule has 1 fully saturated rings. The van der Waals surface area contributed by atoms with Gasteiger partial charge in [0.2, 0.25) is 5.91 Å². The van der Waals surface area contributed by atoms with Crippen molar-refractivity contribution in [1.29, 1.82) is 0 Å². The van der Waals surface area contributed by atoms with E-state index in [1.54, 1.807) is 35.7 Å². The Morgan fingerprint density at radius 1 is 1.14 bits per heavy atom. The number of benzene rings is 1. The summed E-state index contributed by atoms with van der Waals surface area (Å²) in [6, 6.07) is 9.64. The van der Waals surface area contributed by atoms with Gasteiger partial charge in [-0.15, -0.1) is 22.7 Å². The van der Waals surface area contributed by atoms with Crippen LogP contribution in [0, 0.1) is 5.92 Å². The van der Waals surface area contributed by atoms with E-state index < -0.39 is 6.61 Å². The number of halogens is 2. The molecule has 0 atom stereocenters. The topological polar surface area (TPSA) is 80.3 Å². The summed E-state index contributed by atoms with van der Waals surface area (Å²) in [6.45, 7) is -2.94. The van der Waals surface area contributed by atoms with Crippen LogP contribution < -0.4 is 15.4 Å². The first kappa shape index (κ1) is 19.5. The molecule has 0 bridgehead atoms. The maximum Gasteiger partial charge on any atom is 0.387 e. The molecule has 29 heavy (non-hydrogen) atoms. The maximum atomic E-state index is 12.6. The number of nitrogens with one attached hydrogen (secondary N) is 2. The lowest BCUT2D eigenvalue weighted by Gasteiger charge is -2.08. The fourth-order valence-electron chi connectivity index (χ4n) is 2.59. The van der Waals surface area contributed by atoms with Crippen molar-refractivity contribution in [2.75, 3.05) is 10.6 Å². The molecule has 1 aromatic carbocycles.